The molecular weight excluding hydrogens is 268 g/mol. The van der Waals surface area contributed by atoms with Gasteiger partial charge in [0.15, 0.2) is 0 Å². The molecular formula is C15H24N4O2. The highest BCUT2D eigenvalue weighted by atomic mass is 16.5. The summed E-state index contributed by atoms with van der Waals surface area (Å²) in [5.41, 5.74) is 1.20. The van der Waals surface area contributed by atoms with E-state index >= 15 is 0 Å². The van der Waals surface area contributed by atoms with E-state index in [0.717, 1.165) is 32.6 Å². The Morgan fingerprint density at radius 2 is 2.24 bits per heavy atom. The zero-order valence-electron chi connectivity index (χ0n) is 12.5. The van der Waals surface area contributed by atoms with Crippen molar-refractivity contribution < 1.29 is 9.53 Å². The van der Waals surface area contributed by atoms with Crippen LogP contribution in [0.3, 0.4) is 0 Å². The van der Waals surface area contributed by atoms with Gasteiger partial charge in [-0.3, -0.25) is 14.8 Å². The molecule has 0 aromatic carbocycles. The minimum atomic E-state index is 0.250. The fraction of sp³-hybridized carbons (Fsp3) is 0.733. The molecule has 3 heterocycles. The maximum atomic E-state index is 12.3. The van der Waals surface area contributed by atoms with Gasteiger partial charge in [-0.1, -0.05) is 0 Å². The molecule has 1 N–H and O–H groups in total. The Bertz CT molecular complexity index is 443. The molecule has 2 fully saturated rings. The van der Waals surface area contributed by atoms with E-state index in [9.17, 15) is 4.79 Å². The summed E-state index contributed by atoms with van der Waals surface area (Å²) in [6.45, 7) is 5.43. The standard InChI is InChI=1S/C15H24N4O2/c20-15(19-6-8-21-9-7-19)12-18-5-1-2-13(11-18)10-14-3-4-16-17-14/h3-4,13H,1-2,5-12H2,(H,16,17)/t13-/m1/s1. The van der Waals surface area contributed by atoms with Crippen LogP contribution in [0.15, 0.2) is 12.3 Å². The minimum absolute atomic E-state index is 0.250. The molecule has 21 heavy (non-hydrogen) atoms. The largest absolute Gasteiger partial charge is 0.378 e. The molecule has 1 aromatic heterocycles. The first-order valence-corrected chi connectivity index (χ1v) is 7.87. The van der Waals surface area contributed by atoms with Gasteiger partial charge in [0.2, 0.25) is 5.91 Å². The van der Waals surface area contributed by atoms with E-state index in [1.165, 1.54) is 18.5 Å². The van der Waals surface area contributed by atoms with E-state index in [-0.39, 0.29) is 5.91 Å². The van der Waals surface area contributed by atoms with Crippen LogP contribution < -0.4 is 0 Å². The molecule has 116 valence electrons. The van der Waals surface area contributed by atoms with Crippen LogP contribution in [0.2, 0.25) is 0 Å². The Kier molecular flexibility index (Phi) is 4.87. The van der Waals surface area contributed by atoms with Crippen molar-refractivity contribution in [2.75, 3.05) is 45.9 Å². The first-order chi connectivity index (χ1) is 10.3. The number of aromatic amines is 1. The molecule has 2 saturated heterocycles. The number of amides is 1. The lowest BCUT2D eigenvalue weighted by molar-refractivity contribution is -0.136. The van der Waals surface area contributed by atoms with Gasteiger partial charge in [0.1, 0.15) is 0 Å². The molecule has 0 unspecified atom stereocenters. The molecule has 3 rings (SSSR count). The first kappa shape index (κ1) is 14.5. The topological polar surface area (TPSA) is 61.5 Å². The maximum absolute atomic E-state index is 12.3. The maximum Gasteiger partial charge on any atom is 0.236 e. The summed E-state index contributed by atoms with van der Waals surface area (Å²) in [5, 5.41) is 7.04. The second-order valence-electron chi connectivity index (χ2n) is 6.02. The van der Waals surface area contributed by atoms with Crippen LogP contribution in [0, 0.1) is 5.92 Å². The lowest BCUT2D eigenvalue weighted by atomic mass is 9.93. The van der Waals surface area contributed by atoms with E-state index in [4.69, 9.17) is 4.74 Å². The molecule has 6 nitrogen and oxygen atoms in total. The normalized spacial score (nSPS) is 24.2. The fourth-order valence-corrected chi connectivity index (χ4v) is 3.27. The molecule has 0 saturated carbocycles. The van der Waals surface area contributed by atoms with E-state index < -0.39 is 0 Å². The fourth-order valence-electron chi connectivity index (χ4n) is 3.27. The Morgan fingerprint density at radius 1 is 1.38 bits per heavy atom. The van der Waals surface area contributed by atoms with Crippen LogP contribution >= 0.6 is 0 Å². The monoisotopic (exact) mass is 292 g/mol. The number of H-pyrrole nitrogens is 1. The summed E-state index contributed by atoms with van der Waals surface area (Å²) in [5.74, 6) is 0.872. The Labute approximate surface area is 125 Å². The zero-order valence-corrected chi connectivity index (χ0v) is 12.5. The Morgan fingerprint density at radius 3 is 3.00 bits per heavy atom. The summed E-state index contributed by atoms with van der Waals surface area (Å²) in [6.07, 6.45) is 5.25. The predicted molar refractivity (Wildman–Crippen MR) is 78.9 cm³/mol. The summed E-state index contributed by atoms with van der Waals surface area (Å²) in [4.78, 5) is 16.5. The zero-order chi connectivity index (χ0) is 14.5. The van der Waals surface area contributed by atoms with Crippen molar-refractivity contribution in [3.05, 3.63) is 18.0 Å². The van der Waals surface area contributed by atoms with Crippen LogP contribution in [0.25, 0.3) is 0 Å². The number of likely N-dealkylation sites (tertiary alicyclic amines) is 1. The highest BCUT2D eigenvalue weighted by molar-refractivity contribution is 5.78. The molecule has 0 bridgehead atoms. The van der Waals surface area contributed by atoms with Gasteiger partial charge < -0.3 is 9.64 Å². The molecule has 0 spiro atoms. The average molecular weight is 292 g/mol. The van der Waals surface area contributed by atoms with Crippen molar-refractivity contribution in [1.82, 2.24) is 20.0 Å². The van der Waals surface area contributed by atoms with Crippen molar-refractivity contribution in [3.63, 3.8) is 0 Å². The highest BCUT2D eigenvalue weighted by Gasteiger charge is 2.24. The van der Waals surface area contributed by atoms with Crippen molar-refractivity contribution in [2.24, 2.45) is 5.92 Å². The minimum Gasteiger partial charge on any atom is -0.378 e. The van der Waals surface area contributed by atoms with Gasteiger partial charge in [-0.25, -0.2) is 0 Å². The molecule has 2 aliphatic heterocycles. The van der Waals surface area contributed by atoms with E-state index in [0.29, 0.717) is 25.7 Å². The lowest BCUT2D eigenvalue weighted by Gasteiger charge is -2.34. The summed E-state index contributed by atoms with van der Waals surface area (Å²) in [7, 11) is 0. The molecule has 0 radical (unpaired) electrons. The van der Waals surface area contributed by atoms with Gasteiger partial charge in [-0.05, 0) is 37.8 Å². The van der Waals surface area contributed by atoms with Crippen molar-refractivity contribution >= 4 is 5.91 Å². The summed E-state index contributed by atoms with van der Waals surface area (Å²) >= 11 is 0. The third kappa shape index (κ3) is 4.04. The van der Waals surface area contributed by atoms with Crippen LogP contribution in [0.4, 0.5) is 0 Å². The SMILES string of the molecule is O=C(CN1CCC[C@H](Cc2ccn[nH]2)C1)N1CCOCC1. The van der Waals surface area contributed by atoms with Crippen molar-refractivity contribution in [1.29, 1.82) is 0 Å². The lowest BCUT2D eigenvalue weighted by Crippen LogP contribution is -2.47. The number of ether oxygens (including phenoxy) is 1. The van der Waals surface area contributed by atoms with Crippen molar-refractivity contribution in [2.45, 2.75) is 19.3 Å². The molecule has 1 aromatic rings. The number of morpholine rings is 1. The number of piperidine rings is 1. The van der Waals surface area contributed by atoms with Crippen LogP contribution in [0.1, 0.15) is 18.5 Å². The van der Waals surface area contributed by atoms with E-state index in [1.807, 2.05) is 11.0 Å². The first-order valence-electron chi connectivity index (χ1n) is 7.87. The quantitative estimate of drug-likeness (QED) is 0.879. The van der Waals surface area contributed by atoms with Crippen LogP contribution in [0.5, 0.6) is 0 Å². The molecule has 0 aliphatic carbocycles. The van der Waals surface area contributed by atoms with Gasteiger partial charge in [0.05, 0.1) is 19.8 Å². The highest BCUT2D eigenvalue weighted by Crippen LogP contribution is 2.20. The third-order valence-electron chi connectivity index (χ3n) is 4.39. The Balaban J connectivity index is 1.47. The molecule has 1 atom stereocenters. The molecule has 2 aliphatic rings. The van der Waals surface area contributed by atoms with Crippen LogP contribution in [-0.4, -0.2) is 71.8 Å². The van der Waals surface area contributed by atoms with E-state index in [2.05, 4.69) is 15.1 Å². The summed E-state index contributed by atoms with van der Waals surface area (Å²) in [6, 6.07) is 2.04. The average Bonchev–Trinajstić information content (AvgIpc) is 3.01. The van der Waals surface area contributed by atoms with Crippen LogP contribution in [-0.2, 0) is 16.0 Å². The second kappa shape index (κ2) is 7.04. The molecule has 1 amide bonds. The smallest absolute Gasteiger partial charge is 0.236 e. The van der Waals surface area contributed by atoms with E-state index in [1.54, 1.807) is 6.20 Å². The Hall–Kier alpha value is -1.40. The van der Waals surface area contributed by atoms with Gasteiger partial charge in [0.25, 0.3) is 0 Å². The van der Waals surface area contributed by atoms with Gasteiger partial charge in [-0.15, -0.1) is 0 Å². The number of nitrogens with one attached hydrogen (secondary N) is 1. The number of rotatable bonds is 4. The van der Waals surface area contributed by atoms with Gasteiger partial charge >= 0.3 is 0 Å². The van der Waals surface area contributed by atoms with Gasteiger partial charge in [0, 0.05) is 31.5 Å². The number of aromatic nitrogens is 2. The predicted octanol–water partition coefficient (Wildman–Crippen LogP) is 0.523. The summed E-state index contributed by atoms with van der Waals surface area (Å²) < 4.78 is 5.30. The number of hydrogen-bond acceptors (Lipinski definition) is 4. The number of hydrogen-bond donors (Lipinski definition) is 1. The number of nitrogens with zero attached hydrogens (tertiary/aromatic N) is 3. The van der Waals surface area contributed by atoms with Crippen molar-refractivity contribution in [3.8, 4) is 0 Å². The third-order valence-corrected chi connectivity index (χ3v) is 4.39. The number of carbonyl (C=O) groups is 1. The van der Waals surface area contributed by atoms with Gasteiger partial charge in [-0.2, -0.15) is 5.10 Å². The second-order valence-corrected chi connectivity index (χ2v) is 6.02. The number of carbonyl (C=O) groups excluding carboxylic acids is 1. The molecule has 6 heteroatoms.